The smallest absolute Gasteiger partial charge is 0.276 e. The van der Waals surface area contributed by atoms with Crippen molar-refractivity contribution >= 4 is 16.2 Å². The average Bonchev–Trinajstić information content (AvgIpc) is 2.99. The summed E-state index contributed by atoms with van der Waals surface area (Å²) in [4.78, 5) is 2.10. The van der Waals surface area contributed by atoms with Gasteiger partial charge in [-0.05, 0) is 24.3 Å². The highest BCUT2D eigenvalue weighted by molar-refractivity contribution is 7.89. The van der Waals surface area contributed by atoms with E-state index in [1.807, 2.05) is 0 Å². The van der Waals surface area contributed by atoms with Crippen molar-refractivity contribution in [2.75, 3.05) is 14.2 Å². The lowest BCUT2D eigenvalue weighted by Gasteiger charge is -2.09. The maximum Gasteiger partial charge on any atom is 0.276 e. The third-order valence-corrected chi connectivity index (χ3v) is 3.79. The molecule has 2 rings (SSSR count). The predicted molar refractivity (Wildman–Crippen MR) is 76.2 cm³/mol. The molecule has 8 heteroatoms. The van der Waals surface area contributed by atoms with Crippen molar-refractivity contribution in [2.45, 2.75) is 4.90 Å². The van der Waals surface area contributed by atoms with Gasteiger partial charge in [-0.25, -0.2) is 0 Å². The first-order valence-corrected chi connectivity index (χ1v) is 7.35. The van der Waals surface area contributed by atoms with Crippen LogP contribution in [-0.2, 0) is 10.0 Å². The van der Waals surface area contributed by atoms with E-state index in [2.05, 4.69) is 9.93 Å². The van der Waals surface area contributed by atoms with Gasteiger partial charge in [-0.1, -0.05) is 0 Å². The maximum absolute atomic E-state index is 12.1. The Balaban J connectivity index is 2.19. The molecule has 21 heavy (non-hydrogen) atoms. The molecule has 7 nitrogen and oxygen atoms in total. The second-order valence-corrected chi connectivity index (χ2v) is 5.55. The molecule has 0 fully saturated rings. The Labute approximate surface area is 122 Å². The zero-order valence-electron chi connectivity index (χ0n) is 11.4. The molecule has 0 aliphatic heterocycles. The van der Waals surface area contributed by atoms with E-state index in [1.54, 1.807) is 12.1 Å². The molecule has 0 aliphatic rings. The maximum atomic E-state index is 12.1. The zero-order valence-corrected chi connectivity index (χ0v) is 12.3. The Morgan fingerprint density at radius 2 is 1.95 bits per heavy atom. The second-order valence-electron chi connectivity index (χ2n) is 3.89. The van der Waals surface area contributed by atoms with Gasteiger partial charge in [0.15, 0.2) is 11.5 Å². The van der Waals surface area contributed by atoms with Gasteiger partial charge in [-0.2, -0.15) is 18.4 Å². The average molecular weight is 310 g/mol. The molecule has 0 aliphatic carbocycles. The lowest BCUT2D eigenvalue weighted by Crippen LogP contribution is -2.18. The molecule has 1 aromatic heterocycles. The highest BCUT2D eigenvalue weighted by Gasteiger charge is 2.16. The van der Waals surface area contributed by atoms with E-state index in [1.165, 1.54) is 44.9 Å². The van der Waals surface area contributed by atoms with Crippen molar-refractivity contribution in [3.63, 3.8) is 0 Å². The number of methoxy groups -OCH3 is 2. The van der Waals surface area contributed by atoms with E-state index >= 15 is 0 Å². The molecule has 1 N–H and O–H groups in total. The van der Waals surface area contributed by atoms with E-state index in [9.17, 15) is 8.42 Å². The predicted octanol–water partition coefficient (Wildman–Crippen LogP) is 1.61. The number of hydrogen-bond donors (Lipinski definition) is 1. The molecule has 112 valence electrons. The van der Waals surface area contributed by atoms with Crippen LogP contribution in [0.5, 0.6) is 11.5 Å². The SMILES string of the molecule is COc1ccc(S(=O)(=O)N/N=C/c2ccco2)cc1OC. The van der Waals surface area contributed by atoms with Crippen molar-refractivity contribution in [3.8, 4) is 11.5 Å². The van der Waals surface area contributed by atoms with Gasteiger partial charge in [-0.15, -0.1) is 0 Å². The third-order valence-electron chi connectivity index (χ3n) is 2.57. The fourth-order valence-electron chi connectivity index (χ4n) is 1.56. The number of sulfonamides is 1. The molecule has 0 radical (unpaired) electrons. The van der Waals surface area contributed by atoms with Gasteiger partial charge < -0.3 is 13.9 Å². The minimum absolute atomic E-state index is 0.0109. The molecule has 0 saturated carbocycles. The topological polar surface area (TPSA) is 90.1 Å². The molecule has 0 amide bonds. The molecular weight excluding hydrogens is 296 g/mol. The Morgan fingerprint density at radius 3 is 2.57 bits per heavy atom. The molecule has 0 atom stereocenters. The summed E-state index contributed by atoms with van der Waals surface area (Å²) < 4.78 is 39.3. The summed E-state index contributed by atoms with van der Waals surface area (Å²) in [5.74, 6) is 1.19. The summed E-state index contributed by atoms with van der Waals surface area (Å²) >= 11 is 0. The molecule has 1 aromatic carbocycles. The van der Waals surface area contributed by atoms with Crippen LogP contribution in [-0.4, -0.2) is 28.9 Å². The normalized spacial score (nSPS) is 11.5. The summed E-state index contributed by atoms with van der Waals surface area (Å²) in [5.41, 5.74) is 0. The van der Waals surface area contributed by atoms with Crippen molar-refractivity contribution < 1.29 is 22.3 Å². The van der Waals surface area contributed by atoms with E-state index in [-0.39, 0.29) is 4.90 Å². The largest absolute Gasteiger partial charge is 0.493 e. The van der Waals surface area contributed by atoms with E-state index in [4.69, 9.17) is 13.9 Å². The molecule has 0 bridgehead atoms. The fraction of sp³-hybridized carbons (Fsp3) is 0.154. The van der Waals surface area contributed by atoms with Gasteiger partial charge in [0.1, 0.15) is 5.76 Å². The van der Waals surface area contributed by atoms with Gasteiger partial charge in [-0.3, -0.25) is 0 Å². The Kier molecular flexibility index (Phi) is 4.49. The number of hydrogen-bond acceptors (Lipinski definition) is 6. The first-order chi connectivity index (χ1) is 10.1. The number of ether oxygens (including phenoxy) is 2. The van der Waals surface area contributed by atoms with Gasteiger partial charge in [0.2, 0.25) is 0 Å². The number of rotatable bonds is 6. The second kappa shape index (κ2) is 6.31. The van der Waals surface area contributed by atoms with Crippen LogP contribution in [0.25, 0.3) is 0 Å². The van der Waals surface area contributed by atoms with E-state index in [0.717, 1.165) is 0 Å². The zero-order chi connectivity index (χ0) is 15.3. The van der Waals surface area contributed by atoms with Crippen molar-refractivity contribution in [2.24, 2.45) is 5.10 Å². The third kappa shape index (κ3) is 3.54. The van der Waals surface area contributed by atoms with Gasteiger partial charge in [0.05, 0.1) is 31.6 Å². The van der Waals surface area contributed by atoms with Gasteiger partial charge in [0, 0.05) is 6.07 Å². The van der Waals surface area contributed by atoms with Crippen LogP contribution in [0, 0.1) is 0 Å². The van der Waals surface area contributed by atoms with Crippen LogP contribution in [0.3, 0.4) is 0 Å². The number of nitrogens with one attached hydrogen (secondary N) is 1. The summed E-state index contributed by atoms with van der Waals surface area (Å²) in [6.07, 6.45) is 2.72. The molecule has 1 heterocycles. The quantitative estimate of drug-likeness (QED) is 0.646. The Hall–Kier alpha value is -2.48. The number of nitrogens with zero attached hydrogens (tertiary/aromatic N) is 1. The highest BCUT2D eigenvalue weighted by atomic mass is 32.2. The van der Waals surface area contributed by atoms with E-state index < -0.39 is 10.0 Å². The number of furan rings is 1. The Morgan fingerprint density at radius 1 is 1.19 bits per heavy atom. The lowest BCUT2D eigenvalue weighted by atomic mass is 10.3. The first-order valence-electron chi connectivity index (χ1n) is 5.87. The molecule has 0 saturated heterocycles. The van der Waals surface area contributed by atoms with Crippen LogP contribution in [0.4, 0.5) is 0 Å². The van der Waals surface area contributed by atoms with Gasteiger partial charge in [0.25, 0.3) is 10.0 Å². The molecular formula is C13H14N2O5S. The monoisotopic (exact) mass is 310 g/mol. The van der Waals surface area contributed by atoms with Crippen LogP contribution in [0.1, 0.15) is 5.76 Å². The first kappa shape index (κ1) is 14.9. The Bertz CT molecular complexity index is 723. The van der Waals surface area contributed by atoms with Crippen LogP contribution >= 0.6 is 0 Å². The van der Waals surface area contributed by atoms with Crippen molar-refractivity contribution in [3.05, 3.63) is 42.4 Å². The molecule has 0 unspecified atom stereocenters. The minimum Gasteiger partial charge on any atom is -0.493 e. The van der Waals surface area contributed by atoms with Crippen molar-refractivity contribution in [1.29, 1.82) is 0 Å². The minimum atomic E-state index is -3.80. The molecule has 2 aromatic rings. The molecule has 0 spiro atoms. The van der Waals surface area contributed by atoms with E-state index in [0.29, 0.717) is 17.3 Å². The summed E-state index contributed by atoms with van der Waals surface area (Å²) in [6.45, 7) is 0. The van der Waals surface area contributed by atoms with Crippen LogP contribution in [0.15, 0.2) is 51.0 Å². The number of benzene rings is 1. The fourth-order valence-corrected chi connectivity index (χ4v) is 2.37. The number of hydrazone groups is 1. The highest BCUT2D eigenvalue weighted by Crippen LogP contribution is 2.29. The standard InChI is InChI=1S/C13H14N2O5S/c1-18-12-6-5-11(8-13(12)19-2)21(16,17)15-14-9-10-4-3-7-20-10/h3-9,15H,1-2H3/b14-9+. The van der Waals surface area contributed by atoms with Crippen LogP contribution in [0.2, 0.25) is 0 Å². The van der Waals surface area contributed by atoms with Crippen LogP contribution < -0.4 is 14.3 Å². The lowest BCUT2D eigenvalue weighted by molar-refractivity contribution is 0.354. The summed E-state index contributed by atoms with van der Waals surface area (Å²) in [6, 6.07) is 7.57. The van der Waals surface area contributed by atoms with Crippen molar-refractivity contribution in [1.82, 2.24) is 4.83 Å². The summed E-state index contributed by atoms with van der Waals surface area (Å²) in [5, 5.41) is 3.63. The summed E-state index contributed by atoms with van der Waals surface area (Å²) in [7, 11) is -0.899. The van der Waals surface area contributed by atoms with Gasteiger partial charge >= 0.3 is 0 Å².